The molecule has 0 amide bonds. The van der Waals surface area contributed by atoms with E-state index in [1.807, 2.05) is 29.1 Å². The van der Waals surface area contributed by atoms with E-state index in [0.29, 0.717) is 6.61 Å². The molecule has 0 unspecified atom stereocenters. The Balaban J connectivity index is 1.91. The van der Waals surface area contributed by atoms with Gasteiger partial charge in [-0.2, -0.15) is 5.10 Å². The summed E-state index contributed by atoms with van der Waals surface area (Å²) in [6, 6.07) is 5.98. The lowest BCUT2D eigenvalue weighted by molar-refractivity contribution is 0.199. The van der Waals surface area contributed by atoms with Gasteiger partial charge in [0.15, 0.2) is 0 Å². The van der Waals surface area contributed by atoms with Gasteiger partial charge < -0.3 is 10.1 Å². The Kier molecular flexibility index (Phi) is 5.19. The smallest absolute Gasteiger partial charge is 0.0931 e. The van der Waals surface area contributed by atoms with E-state index in [-0.39, 0.29) is 0 Å². The average Bonchev–Trinajstić information content (AvgIpc) is 2.95. The van der Waals surface area contributed by atoms with Crippen molar-refractivity contribution in [3.8, 4) is 0 Å². The topological polar surface area (TPSA) is 39.1 Å². The standard InChI is InChI=1S/C12H16ClN3OS/c1-17-7-6-14-8-10-4-5-15-16(10)9-11-2-3-12(13)18-11/h2-5,14H,6-9H2,1H3. The van der Waals surface area contributed by atoms with Crippen LogP contribution in [0.4, 0.5) is 0 Å². The first-order valence-corrected chi connectivity index (χ1v) is 6.93. The van der Waals surface area contributed by atoms with Crippen molar-refractivity contribution in [2.75, 3.05) is 20.3 Å². The molecule has 4 nitrogen and oxygen atoms in total. The molecule has 2 aromatic heterocycles. The Hall–Kier alpha value is -0.880. The molecule has 18 heavy (non-hydrogen) atoms. The molecule has 0 saturated heterocycles. The highest BCUT2D eigenvalue weighted by molar-refractivity contribution is 7.16. The van der Waals surface area contributed by atoms with E-state index in [2.05, 4.69) is 10.4 Å². The lowest BCUT2D eigenvalue weighted by Crippen LogP contribution is -2.20. The third-order valence-corrected chi connectivity index (χ3v) is 3.74. The largest absolute Gasteiger partial charge is 0.383 e. The van der Waals surface area contributed by atoms with Crippen LogP contribution < -0.4 is 5.32 Å². The molecule has 0 atom stereocenters. The van der Waals surface area contributed by atoms with Crippen LogP contribution in [0.2, 0.25) is 4.34 Å². The van der Waals surface area contributed by atoms with Gasteiger partial charge in [0.05, 0.1) is 23.2 Å². The zero-order valence-electron chi connectivity index (χ0n) is 10.2. The van der Waals surface area contributed by atoms with Crippen LogP contribution >= 0.6 is 22.9 Å². The highest BCUT2D eigenvalue weighted by Crippen LogP contribution is 2.22. The predicted molar refractivity (Wildman–Crippen MR) is 74.2 cm³/mol. The van der Waals surface area contributed by atoms with Crippen molar-refractivity contribution >= 4 is 22.9 Å². The van der Waals surface area contributed by atoms with Crippen molar-refractivity contribution in [2.45, 2.75) is 13.1 Å². The number of thiophene rings is 1. The Morgan fingerprint density at radius 2 is 2.33 bits per heavy atom. The van der Waals surface area contributed by atoms with E-state index >= 15 is 0 Å². The molecule has 2 heterocycles. The quantitative estimate of drug-likeness (QED) is 0.794. The molecule has 1 N–H and O–H groups in total. The van der Waals surface area contributed by atoms with Gasteiger partial charge in [0.25, 0.3) is 0 Å². The van der Waals surface area contributed by atoms with Crippen LogP contribution in [0.5, 0.6) is 0 Å². The number of ether oxygens (including phenoxy) is 1. The summed E-state index contributed by atoms with van der Waals surface area (Å²) in [6.45, 7) is 3.12. The van der Waals surface area contributed by atoms with Crippen molar-refractivity contribution in [3.63, 3.8) is 0 Å². The van der Waals surface area contributed by atoms with E-state index in [4.69, 9.17) is 16.3 Å². The molecule has 0 spiro atoms. The number of halogens is 1. The fourth-order valence-corrected chi connectivity index (χ4v) is 2.70. The zero-order chi connectivity index (χ0) is 12.8. The van der Waals surface area contributed by atoms with Crippen LogP contribution in [0.15, 0.2) is 24.4 Å². The number of methoxy groups -OCH3 is 1. The predicted octanol–water partition coefficient (Wildman–Crippen LogP) is 2.38. The molecule has 2 rings (SSSR count). The maximum atomic E-state index is 5.92. The number of nitrogens with one attached hydrogen (secondary N) is 1. The fourth-order valence-electron chi connectivity index (χ4n) is 1.63. The van der Waals surface area contributed by atoms with Crippen LogP contribution in [0.25, 0.3) is 0 Å². The minimum Gasteiger partial charge on any atom is -0.383 e. The second-order valence-corrected chi connectivity index (χ2v) is 5.66. The summed E-state index contributed by atoms with van der Waals surface area (Å²) in [7, 11) is 1.70. The lowest BCUT2D eigenvalue weighted by atomic mass is 10.4. The summed E-state index contributed by atoms with van der Waals surface area (Å²) < 4.78 is 7.80. The van der Waals surface area contributed by atoms with Crippen molar-refractivity contribution in [1.82, 2.24) is 15.1 Å². The molecule has 2 aromatic rings. The third-order valence-electron chi connectivity index (χ3n) is 2.53. The first-order chi connectivity index (χ1) is 8.79. The highest BCUT2D eigenvalue weighted by Gasteiger charge is 2.04. The minimum atomic E-state index is 0.717. The van der Waals surface area contributed by atoms with Crippen molar-refractivity contribution in [3.05, 3.63) is 39.3 Å². The summed E-state index contributed by atoms with van der Waals surface area (Å²) >= 11 is 7.51. The monoisotopic (exact) mass is 285 g/mol. The van der Waals surface area contributed by atoms with Gasteiger partial charge in [-0.05, 0) is 18.2 Å². The number of hydrogen-bond donors (Lipinski definition) is 1. The van der Waals surface area contributed by atoms with Gasteiger partial charge in [0.2, 0.25) is 0 Å². The van der Waals surface area contributed by atoms with E-state index < -0.39 is 0 Å². The van der Waals surface area contributed by atoms with E-state index in [1.165, 1.54) is 4.88 Å². The maximum absolute atomic E-state index is 5.92. The first-order valence-electron chi connectivity index (χ1n) is 5.74. The molecule has 0 saturated carbocycles. The zero-order valence-corrected chi connectivity index (χ0v) is 11.8. The van der Waals surface area contributed by atoms with E-state index in [9.17, 15) is 0 Å². The lowest BCUT2D eigenvalue weighted by Gasteiger charge is -2.07. The van der Waals surface area contributed by atoms with Gasteiger partial charge in [0, 0.05) is 31.3 Å². The summed E-state index contributed by atoms with van der Waals surface area (Å²) in [5, 5.41) is 7.64. The van der Waals surface area contributed by atoms with Crippen LogP contribution in [-0.2, 0) is 17.8 Å². The maximum Gasteiger partial charge on any atom is 0.0931 e. The molecule has 0 fully saturated rings. The number of aromatic nitrogens is 2. The molecule has 98 valence electrons. The Labute approximate surface area is 116 Å². The Morgan fingerprint density at radius 3 is 3.06 bits per heavy atom. The van der Waals surface area contributed by atoms with Crippen LogP contribution in [0.3, 0.4) is 0 Å². The minimum absolute atomic E-state index is 0.717. The summed E-state index contributed by atoms with van der Waals surface area (Å²) in [4.78, 5) is 1.21. The molecule has 0 bridgehead atoms. The van der Waals surface area contributed by atoms with Gasteiger partial charge in [-0.25, -0.2) is 0 Å². The summed E-state index contributed by atoms with van der Waals surface area (Å²) in [6.07, 6.45) is 1.82. The number of rotatable bonds is 7. The van der Waals surface area contributed by atoms with Crippen LogP contribution in [-0.4, -0.2) is 30.0 Å². The second kappa shape index (κ2) is 6.89. The first kappa shape index (κ1) is 13.5. The van der Waals surface area contributed by atoms with Gasteiger partial charge in [-0.1, -0.05) is 11.6 Å². The Morgan fingerprint density at radius 1 is 1.44 bits per heavy atom. The van der Waals surface area contributed by atoms with Gasteiger partial charge in [-0.3, -0.25) is 4.68 Å². The number of nitrogens with zero attached hydrogens (tertiary/aromatic N) is 2. The van der Waals surface area contributed by atoms with Crippen molar-refractivity contribution < 1.29 is 4.74 Å². The molecular formula is C12H16ClN3OS. The number of hydrogen-bond acceptors (Lipinski definition) is 4. The van der Waals surface area contributed by atoms with Crippen LogP contribution in [0, 0.1) is 0 Å². The molecule has 6 heteroatoms. The fraction of sp³-hybridized carbons (Fsp3) is 0.417. The summed E-state index contributed by atoms with van der Waals surface area (Å²) in [5.41, 5.74) is 1.16. The third kappa shape index (κ3) is 3.81. The molecule has 0 aromatic carbocycles. The SMILES string of the molecule is COCCNCc1ccnn1Cc1ccc(Cl)s1. The molecule has 0 aliphatic rings. The van der Waals surface area contributed by atoms with Crippen LogP contribution in [0.1, 0.15) is 10.6 Å². The second-order valence-electron chi connectivity index (χ2n) is 3.86. The van der Waals surface area contributed by atoms with E-state index in [1.54, 1.807) is 18.4 Å². The van der Waals surface area contributed by atoms with Gasteiger partial charge >= 0.3 is 0 Å². The van der Waals surface area contributed by atoms with Crippen molar-refractivity contribution in [2.24, 2.45) is 0 Å². The average molecular weight is 286 g/mol. The molecular weight excluding hydrogens is 270 g/mol. The Bertz CT molecular complexity index is 483. The highest BCUT2D eigenvalue weighted by atomic mass is 35.5. The van der Waals surface area contributed by atoms with Crippen molar-refractivity contribution in [1.29, 1.82) is 0 Å². The van der Waals surface area contributed by atoms with Gasteiger partial charge in [-0.15, -0.1) is 11.3 Å². The molecule has 0 aliphatic carbocycles. The van der Waals surface area contributed by atoms with Gasteiger partial charge in [0.1, 0.15) is 0 Å². The van der Waals surface area contributed by atoms with E-state index in [0.717, 1.165) is 29.7 Å². The molecule has 0 radical (unpaired) electrons. The molecule has 0 aliphatic heterocycles. The normalized spacial score (nSPS) is 11.0. The summed E-state index contributed by atoms with van der Waals surface area (Å²) in [5.74, 6) is 0.